The Labute approximate surface area is 238 Å². The molecule has 3 aromatic rings. The maximum atomic E-state index is 13.6. The number of likely N-dealkylation sites (N-methyl/N-ethyl adjacent to an activating group) is 1. The van der Waals surface area contributed by atoms with Crippen LogP contribution in [0.15, 0.2) is 77.7 Å². The van der Waals surface area contributed by atoms with Crippen LogP contribution in [0.4, 0.5) is 20.6 Å². The van der Waals surface area contributed by atoms with E-state index in [-0.39, 0.29) is 47.5 Å². The van der Waals surface area contributed by atoms with Crippen LogP contribution in [0, 0.1) is 11.7 Å². The molecular weight excluding hydrogens is 551 g/mol. The Morgan fingerprint density at radius 2 is 1.78 bits per heavy atom. The number of sulfonamides is 1. The second-order valence-electron chi connectivity index (χ2n) is 10.1. The summed E-state index contributed by atoms with van der Waals surface area (Å²) in [6, 6.07) is 16.7. The molecule has 0 fully saturated rings. The van der Waals surface area contributed by atoms with Gasteiger partial charge in [0.05, 0.1) is 29.7 Å². The number of carbonyl (C=O) groups excluding carboxylic acids is 2. The molecule has 10 nitrogen and oxygen atoms in total. The number of amides is 3. The quantitative estimate of drug-likeness (QED) is 0.367. The van der Waals surface area contributed by atoms with Gasteiger partial charge in [0.15, 0.2) is 0 Å². The molecule has 0 saturated carbocycles. The van der Waals surface area contributed by atoms with Gasteiger partial charge in [-0.15, -0.1) is 0 Å². The van der Waals surface area contributed by atoms with Gasteiger partial charge < -0.3 is 25.0 Å². The number of nitrogens with one attached hydrogen (secondary N) is 2. The van der Waals surface area contributed by atoms with Crippen molar-refractivity contribution in [2.75, 3.05) is 36.8 Å². The first-order valence-electron chi connectivity index (χ1n) is 13.1. The molecule has 0 radical (unpaired) electrons. The zero-order valence-electron chi connectivity index (χ0n) is 23.0. The van der Waals surface area contributed by atoms with Gasteiger partial charge in [-0.3, -0.25) is 9.52 Å². The predicted molar refractivity (Wildman–Crippen MR) is 153 cm³/mol. The normalized spacial score (nSPS) is 17.9. The standard InChI is InChI=1S/C29H33FN4O6S/c1-19-16-34(20(2)18-35)28(36)25-15-23(32-41(38,39)24-7-5-4-6-8-24)13-14-26(25)40-27(19)17-33(3)29(37)31-22-11-9-21(30)10-12-22/h4-15,19-20,27,32,35H,16-18H2,1-3H3,(H,31,37)/t19-,20+,27-/m0/s1. The monoisotopic (exact) mass is 584 g/mol. The van der Waals surface area contributed by atoms with Crippen molar-refractivity contribution in [1.82, 2.24) is 9.80 Å². The fraction of sp³-hybridized carbons (Fsp3) is 0.310. The Kier molecular flexibility index (Phi) is 9.14. The lowest BCUT2D eigenvalue weighted by Gasteiger charge is -2.38. The Morgan fingerprint density at radius 1 is 1.12 bits per heavy atom. The van der Waals surface area contributed by atoms with E-state index in [1.807, 2.05) is 6.92 Å². The van der Waals surface area contributed by atoms with Crippen LogP contribution in [0.3, 0.4) is 0 Å². The summed E-state index contributed by atoms with van der Waals surface area (Å²) in [6.07, 6.45) is -0.564. The minimum absolute atomic E-state index is 0.0701. The zero-order chi connectivity index (χ0) is 29.7. The van der Waals surface area contributed by atoms with Crippen LogP contribution in [0.2, 0.25) is 0 Å². The number of aliphatic hydroxyl groups excluding tert-OH is 1. The minimum atomic E-state index is -3.91. The summed E-state index contributed by atoms with van der Waals surface area (Å²) >= 11 is 0. The average molecular weight is 585 g/mol. The molecule has 218 valence electrons. The van der Waals surface area contributed by atoms with Crippen LogP contribution in [0.1, 0.15) is 24.2 Å². The van der Waals surface area contributed by atoms with Crippen molar-refractivity contribution in [3.8, 4) is 5.75 Å². The lowest BCUT2D eigenvalue weighted by molar-refractivity contribution is 0.0371. The molecule has 3 N–H and O–H groups in total. The van der Waals surface area contributed by atoms with Gasteiger partial charge in [0.1, 0.15) is 17.7 Å². The average Bonchev–Trinajstić information content (AvgIpc) is 2.96. The lowest BCUT2D eigenvalue weighted by atomic mass is 9.99. The SMILES string of the molecule is C[C@H](CO)N1C[C@H](C)[C@H](CN(C)C(=O)Nc2ccc(F)cc2)Oc2ccc(NS(=O)(=O)c3ccccc3)cc2C1=O. The van der Waals surface area contributed by atoms with Crippen LogP contribution >= 0.6 is 0 Å². The van der Waals surface area contributed by atoms with Crippen LogP contribution in [0.5, 0.6) is 5.75 Å². The molecule has 0 aromatic heterocycles. The number of urea groups is 1. The number of hydrogen-bond donors (Lipinski definition) is 3. The van der Waals surface area contributed by atoms with Crippen molar-refractivity contribution in [2.45, 2.75) is 30.9 Å². The Morgan fingerprint density at radius 3 is 2.44 bits per heavy atom. The van der Waals surface area contributed by atoms with Gasteiger partial charge >= 0.3 is 6.03 Å². The Balaban J connectivity index is 1.60. The second-order valence-corrected chi connectivity index (χ2v) is 11.8. The van der Waals surface area contributed by atoms with E-state index in [0.717, 1.165) is 0 Å². The first kappa shape index (κ1) is 29.8. The number of fused-ring (bicyclic) bond motifs is 1. The van der Waals surface area contributed by atoms with Crippen molar-refractivity contribution < 1.29 is 32.2 Å². The summed E-state index contributed by atoms with van der Waals surface area (Å²) in [4.78, 5) is 29.5. The third kappa shape index (κ3) is 7.14. The molecule has 41 heavy (non-hydrogen) atoms. The van der Waals surface area contributed by atoms with Gasteiger partial charge in [-0.1, -0.05) is 25.1 Å². The number of anilines is 2. The van der Waals surface area contributed by atoms with Gasteiger partial charge in [-0.05, 0) is 61.5 Å². The molecule has 1 aliphatic heterocycles. The maximum absolute atomic E-state index is 13.6. The number of hydrogen-bond acceptors (Lipinski definition) is 6. The fourth-order valence-electron chi connectivity index (χ4n) is 4.42. The minimum Gasteiger partial charge on any atom is -0.487 e. The van der Waals surface area contributed by atoms with Gasteiger partial charge in [-0.2, -0.15) is 0 Å². The summed E-state index contributed by atoms with van der Waals surface area (Å²) in [5.41, 5.74) is 0.718. The van der Waals surface area contributed by atoms with E-state index in [2.05, 4.69) is 10.0 Å². The summed E-state index contributed by atoms with van der Waals surface area (Å²) in [7, 11) is -2.32. The molecule has 3 atom stereocenters. The van der Waals surface area contributed by atoms with Crippen LogP contribution in [-0.4, -0.2) is 74.2 Å². The van der Waals surface area contributed by atoms with Crippen molar-refractivity contribution in [1.29, 1.82) is 0 Å². The van der Waals surface area contributed by atoms with E-state index in [4.69, 9.17) is 4.74 Å². The number of nitrogens with zero attached hydrogens (tertiary/aromatic N) is 2. The summed E-state index contributed by atoms with van der Waals surface area (Å²) in [6.45, 7) is 3.68. The molecule has 1 aliphatic rings. The number of aliphatic hydroxyl groups is 1. The number of benzene rings is 3. The number of rotatable bonds is 8. The summed E-state index contributed by atoms with van der Waals surface area (Å²) < 4.78 is 47.8. The molecule has 0 spiro atoms. The van der Waals surface area contributed by atoms with Gasteiger partial charge in [0.2, 0.25) is 0 Å². The van der Waals surface area contributed by atoms with Crippen LogP contribution in [-0.2, 0) is 10.0 Å². The third-order valence-corrected chi connectivity index (χ3v) is 8.26. The van der Waals surface area contributed by atoms with Gasteiger partial charge in [-0.25, -0.2) is 17.6 Å². The first-order valence-corrected chi connectivity index (χ1v) is 14.5. The summed E-state index contributed by atoms with van der Waals surface area (Å²) in [5, 5.41) is 12.6. The molecule has 3 aromatic carbocycles. The topological polar surface area (TPSA) is 128 Å². The predicted octanol–water partition coefficient (Wildman–Crippen LogP) is 4.01. The highest BCUT2D eigenvalue weighted by atomic mass is 32.2. The van der Waals surface area contributed by atoms with Gasteiger partial charge in [0, 0.05) is 30.9 Å². The van der Waals surface area contributed by atoms with Gasteiger partial charge in [0.25, 0.3) is 15.9 Å². The van der Waals surface area contributed by atoms with E-state index in [1.165, 1.54) is 64.4 Å². The number of ether oxygens (including phenoxy) is 1. The third-order valence-electron chi connectivity index (χ3n) is 6.87. The van der Waals surface area contributed by atoms with Crippen molar-refractivity contribution in [3.63, 3.8) is 0 Å². The number of halogens is 1. The van der Waals surface area contributed by atoms with Crippen LogP contribution in [0.25, 0.3) is 0 Å². The lowest BCUT2D eigenvalue weighted by Crippen LogP contribution is -2.50. The second kappa shape index (κ2) is 12.6. The fourth-order valence-corrected chi connectivity index (χ4v) is 5.49. The Bertz CT molecular complexity index is 1490. The van der Waals surface area contributed by atoms with E-state index < -0.39 is 39.9 Å². The van der Waals surface area contributed by atoms with Crippen molar-refractivity contribution in [2.24, 2.45) is 5.92 Å². The Hall–Kier alpha value is -4.16. The highest BCUT2D eigenvalue weighted by molar-refractivity contribution is 7.92. The smallest absolute Gasteiger partial charge is 0.321 e. The molecule has 0 aliphatic carbocycles. The molecule has 12 heteroatoms. The molecule has 1 heterocycles. The summed E-state index contributed by atoms with van der Waals surface area (Å²) in [5.74, 6) is -0.871. The number of carbonyl (C=O) groups is 2. The molecular formula is C29H33FN4O6S. The van der Waals surface area contributed by atoms with E-state index in [1.54, 1.807) is 32.2 Å². The van der Waals surface area contributed by atoms with E-state index in [0.29, 0.717) is 5.69 Å². The molecule has 0 bridgehead atoms. The first-order chi connectivity index (χ1) is 19.5. The maximum Gasteiger partial charge on any atom is 0.321 e. The van der Waals surface area contributed by atoms with E-state index >= 15 is 0 Å². The highest BCUT2D eigenvalue weighted by Crippen LogP contribution is 2.31. The van der Waals surface area contributed by atoms with Crippen molar-refractivity contribution in [3.05, 3.63) is 84.2 Å². The highest BCUT2D eigenvalue weighted by Gasteiger charge is 2.34. The van der Waals surface area contributed by atoms with Crippen LogP contribution < -0.4 is 14.8 Å². The van der Waals surface area contributed by atoms with Crippen molar-refractivity contribution >= 4 is 33.3 Å². The largest absolute Gasteiger partial charge is 0.487 e. The molecule has 0 unspecified atom stereocenters. The van der Waals surface area contributed by atoms with E-state index in [9.17, 15) is 27.5 Å². The molecule has 4 rings (SSSR count). The molecule has 0 saturated heterocycles. The molecule has 3 amide bonds. The zero-order valence-corrected chi connectivity index (χ0v) is 23.8.